The van der Waals surface area contributed by atoms with Crippen molar-refractivity contribution >= 4 is 17.6 Å². The maximum absolute atomic E-state index is 12.5. The van der Waals surface area contributed by atoms with Gasteiger partial charge >= 0.3 is 5.97 Å². The van der Waals surface area contributed by atoms with E-state index in [0.29, 0.717) is 24.9 Å². The lowest BCUT2D eigenvalue weighted by molar-refractivity contribution is -0.385. The maximum atomic E-state index is 12.5. The maximum Gasteiger partial charge on any atom is 0.326 e. The quantitative estimate of drug-likeness (QED) is 0.668. The van der Waals surface area contributed by atoms with Crippen molar-refractivity contribution in [1.29, 1.82) is 0 Å². The Morgan fingerprint density at radius 2 is 2.14 bits per heavy atom. The van der Waals surface area contributed by atoms with Gasteiger partial charge in [0.1, 0.15) is 11.8 Å². The smallest absolute Gasteiger partial charge is 0.326 e. The third-order valence-electron chi connectivity index (χ3n) is 3.79. The van der Waals surface area contributed by atoms with Crippen LogP contribution in [0, 0.1) is 17.0 Å². The van der Waals surface area contributed by atoms with E-state index in [1.165, 1.54) is 25.0 Å². The Hall–Kier alpha value is -2.64. The number of methoxy groups -OCH3 is 1. The number of nitrogens with zero attached hydrogens (tertiary/aromatic N) is 2. The molecule has 1 aliphatic rings. The van der Waals surface area contributed by atoms with E-state index in [-0.39, 0.29) is 17.0 Å². The van der Waals surface area contributed by atoms with Gasteiger partial charge in [-0.1, -0.05) is 0 Å². The molecule has 8 nitrogen and oxygen atoms in total. The summed E-state index contributed by atoms with van der Waals surface area (Å²) in [5.41, 5.74) is 0.149. The van der Waals surface area contributed by atoms with Gasteiger partial charge in [-0.25, -0.2) is 4.79 Å². The summed E-state index contributed by atoms with van der Waals surface area (Å²) in [5.74, 6) is -1.38. The molecular weight excluding hydrogens is 292 g/mol. The van der Waals surface area contributed by atoms with Gasteiger partial charge in [0.05, 0.1) is 23.2 Å². The van der Waals surface area contributed by atoms with Crippen LogP contribution in [0.3, 0.4) is 0 Å². The highest BCUT2D eigenvalue weighted by Crippen LogP contribution is 2.31. The summed E-state index contributed by atoms with van der Waals surface area (Å²) in [6, 6.07) is 1.68. The van der Waals surface area contributed by atoms with Crippen molar-refractivity contribution in [3.8, 4) is 5.75 Å². The van der Waals surface area contributed by atoms with Crippen LogP contribution in [0.4, 0.5) is 5.69 Å². The number of aliphatic carboxylic acids is 1. The lowest BCUT2D eigenvalue weighted by Crippen LogP contribution is -2.40. The molecule has 0 saturated carbocycles. The van der Waals surface area contributed by atoms with Gasteiger partial charge in [0.15, 0.2) is 0 Å². The number of rotatable bonds is 4. The van der Waals surface area contributed by atoms with Gasteiger partial charge in [0.2, 0.25) is 0 Å². The van der Waals surface area contributed by atoms with Crippen LogP contribution < -0.4 is 4.74 Å². The zero-order valence-corrected chi connectivity index (χ0v) is 12.2. The van der Waals surface area contributed by atoms with Crippen LogP contribution in [-0.2, 0) is 4.79 Å². The van der Waals surface area contributed by atoms with Crippen LogP contribution in [-0.4, -0.2) is 46.5 Å². The summed E-state index contributed by atoms with van der Waals surface area (Å²) < 4.78 is 5.07. The summed E-state index contributed by atoms with van der Waals surface area (Å²) in [6.45, 7) is 1.85. The van der Waals surface area contributed by atoms with Crippen LogP contribution >= 0.6 is 0 Å². The van der Waals surface area contributed by atoms with Crippen molar-refractivity contribution in [3.05, 3.63) is 33.4 Å². The molecule has 1 saturated heterocycles. The fraction of sp³-hybridized carbons (Fsp3) is 0.429. The van der Waals surface area contributed by atoms with Crippen LogP contribution in [0.2, 0.25) is 0 Å². The van der Waals surface area contributed by atoms with E-state index in [0.717, 1.165) is 6.07 Å². The molecule has 22 heavy (non-hydrogen) atoms. The number of carbonyl (C=O) groups excluding carboxylic acids is 1. The Balaban J connectivity index is 2.43. The Bertz CT molecular complexity index is 642. The summed E-state index contributed by atoms with van der Waals surface area (Å²) in [4.78, 5) is 35.4. The SMILES string of the molecule is COc1cc(C(=O)N2CCCC2C(=O)O)cc([N+](=O)[O-])c1C. The minimum absolute atomic E-state index is 0.0577. The predicted molar refractivity (Wildman–Crippen MR) is 76.1 cm³/mol. The molecular formula is C14H16N2O6. The zero-order valence-electron chi connectivity index (χ0n) is 12.2. The van der Waals surface area contributed by atoms with Gasteiger partial charge in [-0.05, 0) is 25.8 Å². The molecule has 0 aliphatic carbocycles. The molecule has 1 amide bonds. The number of benzene rings is 1. The van der Waals surface area contributed by atoms with E-state index in [9.17, 15) is 19.7 Å². The number of nitro groups is 1. The van der Waals surface area contributed by atoms with Gasteiger partial charge in [0, 0.05) is 12.6 Å². The lowest BCUT2D eigenvalue weighted by atomic mass is 10.1. The summed E-state index contributed by atoms with van der Waals surface area (Å²) in [6.07, 6.45) is 0.972. The van der Waals surface area contributed by atoms with Crippen molar-refractivity contribution in [2.24, 2.45) is 0 Å². The molecule has 1 aromatic rings. The molecule has 0 aromatic heterocycles. The molecule has 1 aromatic carbocycles. The van der Waals surface area contributed by atoms with E-state index >= 15 is 0 Å². The Morgan fingerprint density at radius 3 is 2.68 bits per heavy atom. The van der Waals surface area contributed by atoms with Crippen molar-refractivity contribution in [3.63, 3.8) is 0 Å². The first kappa shape index (κ1) is 15.7. The molecule has 0 radical (unpaired) electrons. The third-order valence-corrected chi connectivity index (χ3v) is 3.79. The molecule has 1 aliphatic heterocycles. The van der Waals surface area contributed by atoms with E-state index < -0.39 is 22.8 Å². The number of ether oxygens (including phenoxy) is 1. The molecule has 1 N–H and O–H groups in total. The first-order valence-electron chi connectivity index (χ1n) is 6.73. The first-order valence-corrected chi connectivity index (χ1v) is 6.73. The summed E-state index contributed by atoms with van der Waals surface area (Å²) in [7, 11) is 1.36. The van der Waals surface area contributed by atoms with Crippen molar-refractivity contribution in [1.82, 2.24) is 4.90 Å². The average Bonchev–Trinajstić information content (AvgIpc) is 2.96. The normalized spacial score (nSPS) is 17.4. The molecule has 1 unspecified atom stereocenters. The number of likely N-dealkylation sites (tertiary alicyclic amines) is 1. The summed E-state index contributed by atoms with van der Waals surface area (Å²) in [5, 5.41) is 20.2. The number of carboxylic acids is 1. The number of hydrogen-bond acceptors (Lipinski definition) is 5. The largest absolute Gasteiger partial charge is 0.496 e. The number of hydrogen-bond donors (Lipinski definition) is 1. The molecule has 1 atom stereocenters. The molecule has 0 spiro atoms. The van der Waals surface area contributed by atoms with E-state index in [1.54, 1.807) is 0 Å². The van der Waals surface area contributed by atoms with Gasteiger partial charge in [-0.3, -0.25) is 14.9 Å². The molecule has 0 bridgehead atoms. The second kappa shape index (κ2) is 6.00. The average molecular weight is 308 g/mol. The van der Waals surface area contributed by atoms with Gasteiger partial charge < -0.3 is 14.7 Å². The minimum atomic E-state index is -1.07. The Kier molecular flexibility index (Phi) is 4.30. The van der Waals surface area contributed by atoms with Gasteiger partial charge in [-0.2, -0.15) is 0 Å². The second-order valence-electron chi connectivity index (χ2n) is 5.07. The highest BCUT2D eigenvalue weighted by molar-refractivity contribution is 5.98. The highest BCUT2D eigenvalue weighted by Gasteiger charge is 2.35. The first-order chi connectivity index (χ1) is 10.4. The number of carboxylic acid groups (broad SMARTS) is 1. The molecule has 8 heteroatoms. The summed E-state index contributed by atoms with van der Waals surface area (Å²) >= 11 is 0. The highest BCUT2D eigenvalue weighted by atomic mass is 16.6. The van der Waals surface area contributed by atoms with Crippen molar-refractivity contribution < 1.29 is 24.4 Å². The van der Waals surface area contributed by atoms with Crippen LogP contribution in [0.15, 0.2) is 12.1 Å². The van der Waals surface area contributed by atoms with E-state index in [2.05, 4.69) is 0 Å². The number of amides is 1. The molecule has 2 rings (SSSR count). The van der Waals surface area contributed by atoms with Crippen LogP contribution in [0.1, 0.15) is 28.8 Å². The molecule has 118 valence electrons. The van der Waals surface area contributed by atoms with E-state index in [1.807, 2.05) is 0 Å². The Morgan fingerprint density at radius 1 is 1.45 bits per heavy atom. The Labute approximate surface area is 126 Å². The third kappa shape index (κ3) is 2.72. The predicted octanol–water partition coefficient (Wildman–Crippen LogP) is 1.60. The number of nitro benzene ring substituents is 1. The lowest BCUT2D eigenvalue weighted by Gasteiger charge is -2.21. The topological polar surface area (TPSA) is 110 Å². The molecule has 1 fully saturated rings. The monoisotopic (exact) mass is 308 g/mol. The number of carbonyl (C=O) groups is 2. The molecule has 1 heterocycles. The minimum Gasteiger partial charge on any atom is -0.496 e. The fourth-order valence-corrected chi connectivity index (χ4v) is 2.63. The standard InChI is InChI=1S/C14H16N2O6/c1-8-11(16(20)21)6-9(7-12(8)22-2)13(17)15-5-3-4-10(15)14(18)19/h6-7,10H,3-5H2,1-2H3,(H,18,19). The second-order valence-corrected chi connectivity index (χ2v) is 5.07. The van der Waals surface area contributed by atoms with Gasteiger partial charge in [-0.15, -0.1) is 0 Å². The van der Waals surface area contributed by atoms with Crippen LogP contribution in [0.25, 0.3) is 0 Å². The van der Waals surface area contributed by atoms with Crippen LogP contribution in [0.5, 0.6) is 5.75 Å². The zero-order chi connectivity index (χ0) is 16.4. The van der Waals surface area contributed by atoms with E-state index in [4.69, 9.17) is 9.84 Å². The van der Waals surface area contributed by atoms with Gasteiger partial charge in [0.25, 0.3) is 11.6 Å². The van der Waals surface area contributed by atoms with Crippen molar-refractivity contribution in [2.75, 3.05) is 13.7 Å². The fourth-order valence-electron chi connectivity index (χ4n) is 2.63. The van der Waals surface area contributed by atoms with Crippen molar-refractivity contribution in [2.45, 2.75) is 25.8 Å².